The van der Waals surface area contributed by atoms with Crippen LogP contribution in [0, 0.1) is 0 Å². The molecule has 0 radical (unpaired) electrons. The van der Waals surface area contributed by atoms with E-state index in [2.05, 4.69) is 25.1 Å². The number of nitrogens with zero attached hydrogens (tertiary/aromatic N) is 5. The third-order valence-electron chi connectivity index (χ3n) is 3.00. The van der Waals surface area contributed by atoms with Crippen LogP contribution in [0.5, 0.6) is 5.88 Å². The van der Waals surface area contributed by atoms with Crippen LogP contribution in [-0.2, 0) is 12.8 Å². The second-order valence-corrected chi connectivity index (χ2v) is 4.81. The Morgan fingerprint density at radius 1 is 1.08 bits per heavy atom. The SMILES string of the molecule is FC(F)c1nnc(-c2ccc(COc3cc(C(F)(F)F)ncn3)nc2)o1. The van der Waals surface area contributed by atoms with Crippen molar-refractivity contribution in [2.75, 3.05) is 0 Å². The summed E-state index contributed by atoms with van der Waals surface area (Å²) in [6.07, 6.45) is -5.47. The molecule has 0 N–H and O–H groups in total. The van der Waals surface area contributed by atoms with E-state index in [0.29, 0.717) is 17.3 Å². The summed E-state index contributed by atoms with van der Waals surface area (Å²) in [6.45, 7) is -0.166. The van der Waals surface area contributed by atoms with Crippen molar-refractivity contribution in [2.45, 2.75) is 19.2 Å². The summed E-state index contributed by atoms with van der Waals surface area (Å²) < 4.78 is 72.4. The lowest BCUT2D eigenvalue weighted by molar-refractivity contribution is -0.141. The van der Waals surface area contributed by atoms with Gasteiger partial charge in [-0.2, -0.15) is 22.0 Å². The molecule has 0 bridgehead atoms. The average molecular weight is 373 g/mol. The van der Waals surface area contributed by atoms with E-state index in [0.717, 1.165) is 6.33 Å². The van der Waals surface area contributed by atoms with Crippen molar-refractivity contribution in [1.29, 1.82) is 0 Å². The van der Waals surface area contributed by atoms with Gasteiger partial charge in [0.25, 0.3) is 5.89 Å². The highest BCUT2D eigenvalue weighted by Crippen LogP contribution is 2.28. The molecule has 136 valence electrons. The molecule has 0 spiro atoms. The maximum absolute atomic E-state index is 12.6. The lowest BCUT2D eigenvalue weighted by Crippen LogP contribution is -2.09. The first kappa shape index (κ1) is 17.6. The molecule has 0 saturated heterocycles. The van der Waals surface area contributed by atoms with Crippen LogP contribution in [0.2, 0.25) is 0 Å². The number of alkyl halides is 5. The Bertz CT molecular complexity index is 882. The average Bonchev–Trinajstić information content (AvgIpc) is 3.10. The molecule has 3 heterocycles. The fourth-order valence-electron chi connectivity index (χ4n) is 1.80. The van der Waals surface area contributed by atoms with Gasteiger partial charge in [0.2, 0.25) is 11.8 Å². The van der Waals surface area contributed by atoms with Crippen LogP contribution in [-0.4, -0.2) is 25.1 Å². The molecule has 26 heavy (non-hydrogen) atoms. The topological polar surface area (TPSA) is 86.8 Å². The Kier molecular flexibility index (Phi) is 4.73. The largest absolute Gasteiger partial charge is 0.471 e. The van der Waals surface area contributed by atoms with E-state index >= 15 is 0 Å². The molecule has 0 aromatic carbocycles. The van der Waals surface area contributed by atoms with Gasteiger partial charge >= 0.3 is 12.6 Å². The van der Waals surface area contributed by atoms with Crippen LogP contribution in [0.1, 0.15) is 23.7 Å². The number of ether oxygens (including phenoxy) is 1. The fraction of sp³-hybridized carbons (Fsp3) is 0.214. The molecule has 0 aliphatic heterocycles. The lowest BCUT2D eigenvalue weighted by Gasteiger charge is -2.08. The molecule has 0 unspecified atom stereocenters. The quantitative estimate of drug-likeness (QED) is 0.633. The van der Waals surface area contributed by atoms with Crippen LogP contribution >= 0.6 is 0 Å². The predicted octanol–water partition coefficient (Wildman–Crippen LogP) is 3.46. The number of pyridine rings is 1. The van der Waals surface area contributed by atoms with Gasteiger partial charge in [-0.25, -0.2) is 9.97 Å². The summed E-state index contributed by atoms with van der Waals surface area (Å²) in [4.78, 5) is 10.7. The molecule has 0 saturated carbocycles. The Labute approximate surface area is 141 Å². The highest BCUT2D eigenvalue weighted by Gasteiger charge is 2.33. The molecule has 0 atom stereocenters. The van der Waals surface area contributed by atoms with Gasteiger partial charge in [-0.05, 0) is 12.1 Å². The van der Waals surface area contributed by atoms with E-state index < -0.39 is 24.2 Å². The molecule has 3 aromatic rings. The first-order chi connectivity index (χ1) is 12.3. The molecule has 3 rings (SSSR count). The summed E-state index contributed by atoms with van der Waals surface area (Å²) in [5.41, 5.74) is -0.471. The highest BCUT2D eigenvalue weighted by atomic mass is 19.4. The van der Waals surface area contributed by atoms with Crippen LogP contribution in [0.25, 0.3) is 11.5 Å². The summed E-state index contributed by atoms with van der Waals surface area (Å²) >= 11 is 0. The minimum Gasteiger partial charge on any atom is -0.471 e. The van der Waals surface area contributed by atoms with Crippen molar-refractivity contribution >= 4 is 0 Å². The molecule has 0 aliphatic carbocycles. The maximum Gasteiger partial charge on any atom is 0.433 e. The Hall–Kier alpha value is -3.18. The molecule has 12 heteroatoms. The summed E-state index contributed by atoms with van der Waals surface area (Å²) in [5.74, 6) is -1.21. The van der Waals surface area contributed by atoms with Gasteiger partial charge in [0.15, 0.2) is 5.69 Å². The van der Waals surface area contributed by atoms with Gasteiger partial charge < -0.3 is 9.15 Å². The van der Waals surface area contributed by atoms with Crippen molar-refractivity contribution < 1.29 is 31.1 Å². The zero-order valence-corrected chi connectivity index (χ0v) is 12.6. The van der Waals surface area contributed by atoms with Crippen molar-refractivity contribution in [3.8, 4) is 17.3 Å². The summed E-state index contributed by atoms with van der Waals surface area (Å²) in [7, 11) is 0. The van der Waals surface area contributed by atoms with Gasteiger partial charge in [0.05, 0.1) is 11.3 Å². The van der Waals surface area contributed by atoms with E-state index in [1.54, 1.807) is 0 Å². The smallest absolute Gasteiger partial charge is 0.433 e. The zero-order valence-electron chi connectivity index (χ0n) is 12.6. The number of aromatic nitrogens is 5. The molecule has 7 nitrogen and oxygen atoms in total. The minimum atomic E-state index is -4.61. The van der Waals surface area contributed by atoms with Crippen molar-refractivity contribution in [2.24, 2.45) is 0 Å². The fourth-order valence-corrected chi connectivity index (χ4v) is 1.80. The molecule has 3 aromatic heterocycles. The third-order valence-corrected chi connectivity index (χ3v) is 3.00. The van der Waals surface area contributed by atoms with E-state index in [-0.39, 0.29) is 18.4 Å². The standard InChI is InChI=1S/C14H8F5N5O2/c15-11(16)13-24-23-12(26-13)7-1-2-8(20-4-7)5-25-10-3-9(14(17,18)19)21-6-22-10/h1-4,6,11H,5H2. The van der Waals surface area contributed by atoms with Crippen LogP contribution in [0.4, 0.5) is 22.0 Å². The summed E-state index contributed by atoms with van der Waals surface area (Å²) in [5, 5.41) is 6.67. The van der Waals surface area contributed by atoms with Crippen molar-refractivity contribution in [3.05, 3.63) is 48.0 Å². The number of halogens is 5. The van der Waals surface area contributed by atoms with E-state index in [1.807, 2.05) is 0 Å². The minimum absolute atomic E-state index is 0.133. The van der Waals surface area contributed by atoms with Gasteiger partial charge in [0.1, 0.15) is 12.9 Å². The maximum atomic E-state index is 12.6. The number of rotatable bonds is 5. The number of hydrogen-bond acceptors (Lipinski definition) is 7. The van der Waals surface area contributed by atoms with Crippen molar-refractivity contribution in [1.82, 2.24) is 25.1 Å². The van der Waals surface area contributed by atoms with Crippen LogP contribution < -0.4 is 4.74 Å². The molecular weight excluding hydrogens is 365 g/mol. The Balaban J connectivity index is 1.66. The van der Waals surface area contributed by atoms with Crippen molar-refractivity contribution in [3.63, 3.8) is 0 Å². The van der Waals surface area contributed by atoms with Gasteiger partial charge in [-0.1, -0.05) is 0 Å². The van der Waals surface area contributed by atoms with Gasteiger partial charge in [0, 0.05) is 12.3 Å². The monoisotopic (exact) mass is 373 g/mol. The second kappa shape index (κ2) is 6.98. The van der Waals surface area contributed by atoms with Crippen LogP contribution in [0.3, 0.4) is 0 Å². The number of hydrogen-bond donors (Lipinski definition) is 0. The first-order valence-electron chi connectivity index (χ1n) is 6.92. The summed E-state index contributed by atoms with van der Waals surface area (Å²) in [6, 6.07) is 3.60. The van der Waals surface area contributed by atoms with Gasteiger partial charge in [-0.3, -0.25) is 4.98 Å². The van der Waals surface area contributed by atoms with E-state index in [1.165, 1.54) is 18.3 Å². The molecule has 0 fully saturated rings. The zero-order chi connectivity index (χ0) is 18.7. The van der Waals surface area contributed by atoms with E-state index in [4.69, 9.17) is 9.15 Å². The highest BCUT2D eigenvalue weighted by molar-refractivity contribution is 5.50. The lowest BCUT2D eigenvalue weighted by atomic mass is 10.2. The Morgan fingerprint density at radius 2 is 1.88 bits per heavy atom. The molecule has 0 amide bonds. The van der Waals surface area contributed by atoms with Crippen LogP contribution in [0.15, 0.2) is 35.1 Å². The van der Waals surface area contributed by atoms with E-state index in [9.17, 15) is 22.0 Å². The molecule has 0 aliphatic rings. The first-order valence-corrected chi connectivity index (χ1v) is 6.92. The second-order valence-electron chi connectivity index (χ2n) is 4.81. The van der Waals surface area contributed by atoms with Gasteiger partial charge in [-0.15, -0.1) is 10.2 Å². The Morgan fingerprint density at radius 3 is 2.50 bits per heavy atom. The molecular formula is C14H8F5N5O2. The third kappa shape index (κ3) is 4.07. The normalized spacial score (nSPS) is 11.8. The predicted molar refractivity (Wildman–Crippen MR) is 73.9 cm³/mol.